The summed E-state index contributed by atoms with van der Waals surface area (Å²) >= 11 is 3.52. The molecule has 2 aliphatic rings. The lowest BCUT2D eigenvalue weighted by molar-refractivity contribution is -0.128. The number of carbonyl (C=O) groups excluding carboxylic acids is 1. The number of hydrogen-bond acceptors (Lipinski definition) is 3. The maximum Gasteiger partial charge on any atom is 0.278 e. The van der Waals surface area contributed by atoms with E-state index in [2.05, 4.69) is 38.1 Å². The molecule has 1 unspecified atom stereocenters. The molecule has 7 heteroatoms. The summed E-state index contributed by atoms with van der Waals surface area (Å²) in [7, 11) is 1.88. The van der Waals surface area contributed by atoms with Crippen LogP contribution in [0.2, 0.25) is 0 Å². The zero-order chi connectivity index (χ0) is 22.3. The first-order chi connectivity index (χ1) is 15.5. The van der Waals surface area contributed by atoms with E-state index in [1.807, 2.05) is 65.2 Å². The number of carbonyl (C=O) groups is 1. The topological polar surface area (TPSA) is 61.3 Å². The highest BCUT2D eigenvalue weighted by atomic mass is 79.9. The Morgan fingerprint density at radius 2 is 1.50 bits per heavy atom. The van der Waals surface area contributed by atoms with Crippen LogP contribution in [0.4, 0.5) is 5.69 Å². The monoisotopic (exact) mass is 494 g/mol. The van der Waals surface area contributed by atoms with Gasteiger partial charge in [0.05, 0.1) is 17.2 Å². The molecule has 1 aromatic heterocycles. The Labute approximate surface area is 196 Å². The predicted octanol–water partition coefficient (Wildman–Crippen LogP) is 4.08. The Balaban J connectivity index is 1.41. The van der Waals surface area contributed by atoms with Gasteiger partial charge >= 0.3 is 0 Å². The summed E-state index contributed by atoms with van der Waals surface area (Å²) in [5.74, 6) is 0.259. The minimum atomic E-state index is -0.283. The van der Waals surface area contributed by atoms with Crippen molar-refractivity contribution < 1.29 is 4.79 Å². The number of piperidine rings is 1. The van der Waals surface area contributed by atoms with Crippen molar-refractivity contribution in [2.75, 3.05) is 24.5 Å². The van der Waals surface area contributed by atoms with Crippen LogP contribution in [0.3, 0.4) is 0 Å². The quantitative estimate of drug-likeness (QED) is 0.594. The first kappa shape index (κ1) is 21.2. The Kier molecular flexibility index (Phi) is 5.55. The van der Waals surface area contributed by atoms with Crippen molar-refractivity contribution >= 4 is 27.5 Å². The summed E-state index contributed by atoms with van der Waals surface area (Å²) in [4.78, 5) is 30.1. The van der Waals surface area contributed by atoms with Crippen LogP contribution in [0, 0.1) is 5.41 Å². The number of nitrogens with one attached hydrogen (secondary N) is 1. The number of amides is 1. The average Bonchev–Trinajstić information content (AvgIpc) is 3.27. The van der Waals surface area contributed by atoms with Gasteiger partial charge in [-0.05, 0) is 52.9 Å². The van der Waals surface area contributed by atoms with Crippen LogP contribution >= 0.6 is 15.9 Å². The number of aryl methyl sites for hydroxylation is 1. The predicted molar refractivity (Wildman–Crippen MR) is 129 cm³/mol. The standard InChI is InChI=1S/C25H27BrN4O2/c1-28-22(20(26)23(31)27-28)21(18-8-4-2-5-9-18)29-15-12-25(13-16-29)14-17-30(24(25)32)19-10-6-3-7-11-19/h2-11,21H,12-17H2,1H3,(H,27,31). The van der Waals surface area contributed by atoms with Crippen molar-refractivity contribution in [1.82, 2.24) is 14.7 Å². The largest absolute Gasteiger partial charge is 0.312 e. The number of nitrogens with zero attached hydrogens (tertiary/aromatic N) is 3. The highest BCUT2D eigenvalue weighted by molar-refractivity contribution is 9.10. The summed E-state index contributed by atoms with van der Waals surface area (Å²) in [6.07, 6.45) is 2.56. The molecule has 1 amide bonds. The van der Waals surface area contributed by atoms with Crippen LogP contribution in [-0.2, 0) is 11.8 Å². The number of aromatic amines is 1. The average molecular weight is 495 g/mol. The van der Waals surface area contributed by atoms with E-state index in [1.54, 1.807) is 0 Å². The van der Waals surface area contributed by atoms with Crippen LogP contribution < -0.4 is 10.5 Å². The van der Waals surface area contributed by atoms with Gasteiger partial charge in [-0.3, -0.25) is 24.3 Å². The van der Waals surface area contributed by atoms with Gasteiger partial charge < -0.3 is 4.90 Å². The van der Waals surface area contributed by atoms with Gasteiger partial charge in [-0.15, -0.1) is 0 Å². The first-order valence-electron chi connectivity index (χ1n) is 11.1. The SMILES string of the molecule is Cn1[nH]c(=O)c(Br)c1C(c1ccccc1)N1CCC2(CCN(c3ccccc3)C2=O)CC1. The molecular weight excluding hydrogens is 468 g/mol. The van der Waals surface area contributed by atoms with E-state index in [1.165, 1.54) is 0 Å². The number of hydrogen-bond donors (Lipinski definition) is 1. The van der Waals surface area contributed by atoms with E-state index in [4.69, 9.17) is 0 Å². The molecule has 32 heavy (non-hydrogen) atoms. The van der Waals surface area contributed by atoms with Crippen molar-refractivity contribution in [2.45, 2.75) is 25.3 Å². The number of rotatable bonds is 4. The molecule has 3 heterocycles. The van der Waals surface area contributed by atoms with Gasteiger partial charge in [0.25, 0.3) is 5.56 Å². The third kappa shape index (κ3) is 3.53. The minimum absolute atomic E-state index is 0.0615. The molecule has 0 aliphatic carbocycles. The minimum Gasteiger partial charge on any atom is -0.312 e. The van der Waals surface area contributed by atoms with Crippen LogP contribution in [0.15, 0.2) is 69.9 Å². The van der Waals surface area contributed by atoms with E-state index in [0.29, 0.717) is 4.47 Å². The fourth-order valence-electron chi connectivity index (χ4n) is 5.35. The number of likely N-dealkylation sites (tertiary alicyclic amines) is 1. The molecule has 0 bridgehead atoms. The Morgan fingerprint density at radius 3 is 2.09 bits per heavy atom. The number of para-hydroxylation sites is 1. The van der Waals surface area contributed by atoms with Gasteiger partial charge in [0.1, 0.15) is 4.47 Å². The smallest absolute Gasteiger partial charge is 0.278 e. The number of halogens is 1. The molecular formula is C25H27BrN4O2. The molecule has 2 aromatic carbocycles. The van der Waals surface area contributed by atoms with Crippen LogP contribution in [0.1, 0.15) is 36.6 Å². The number of aromatic nitrogens is 2. The van der Waals surface area contributed by atoms with Gasteiger partial charge in [0, 0.05) is 32.4 Å². The van der Waals surface area contributed by atoms with E-state index < -0.39 is 0 Å². The lowest BCUT2D eigenvalue weighted by Crippen LogP contribution is -2.46. The molecule has 0 saturated carbocycles. The normalized spacial score (nSPS) is 19.6. The summed E-state index contributed by atoms with van der Waals surface area (Å²) < 4.78 is 2.38. The lowest BCUT2D eigenvalue weighted by atomic mass is 9.76. The van der Waals surface area contributed by atoms with E-state index in [9.17, 15) is 9.59 Å². The zero-order valence-electron chi connectivity index (χ0n) is 18.1. The Bertz CT molecular complexity index is 1160. The molecule has 166 valence electrons. The first-order valence-corrected chi connectivity index (χ1v) is 11.9. The van der Waals surface area contributed by atoms with Gasteiger partial charge in [-0.1, -0.05) is 48.5 Å². The maximum atomic E-state index is 13.5. The van der Waals surface area contributed by atoms with E-state index >= 15 is 0 Å². The van der Waals surface area contributed by atoms with Crippen molar-refractivity contribution in [1.29, 1.82) is 0 Å². The highest BCUT2D eigenvalue weighted by Crippen LogP contribution is 2.45. The molecule has 1 N–H and O–H groups in total. The van der Waals surface area contributed by atoms with Gasteiger partial charge in [-0.2, -0.15) is 0 Å². The van der Waals surface area contributed by atoms with Crippen molar-refractivity contribution in [2.24, 2.45) is 12.5 Å². The summed E-state index contributed by atoms with van der Waals surface area (Å²) in [5.41, 5.74) is 2.64. The molecule has 2 fully saturated rings. The summed E-state index contributed by atoms with van der Waals surface area (Å²) in [5, 5.41) is 2.87. The third-order valence-electron chi connectivity index (χ3n) is 7.13. The molecule has 0 radical (unpaired) electrons. The zero-order valence-corrected chi connectivity index (χ0v) is 19.7. The molecule has 1 spiro atoms. The number of H-pyrrole nitrogens is 1. The second-order valence-electron chi connectivity index (χ2n) is 8.87. The van der Waals surface area contributed by atoms with Crippen molar-refractivity contribution in [3.8, 4) is 0 Å². The lowest BCUT2D eigenvalue weighted by Gasteiger charge is -2.42. The number of anilines is 1. The molecule has 5 rings (SSSR count). The molecule has 3 aromatic rings. The Hall–Kier alpha value is -2.64. The van der Waals surface area contributed by atoms with Gasteiger partial charge in [0.15, 0.2) is 0 Å². The molecule has 1 atom stereocenters. The van der Waals surface area contributed by atoms with E-state index in [-0.39, 0.29) is 22.9 Å². The maximum absolute atomic E-state index is 13.5. The van der Waals surface area contributed by atoms with E-state index in [0.717, 1.165) is 55.8 Å². The van der Waals surface area contributed by atoms with Gasteiger partial charge in [-0.25, -0.2) is 0 Å². The third-order valence-corrected chi connectivity index (χ3v) is 7.90. The fourth-order valence-corrected chi connectivity index (χ4v) is 5.93. The van der Waals surface area contributed by atoms with Crippen LogP contribution in [0.25, 0.3) is 0 Å². The van der Waals surface area contributed by atoms with Crippen LogP contribution in [-0.4, -0.2) is 40.2 Å². The fraction of sp³-hybridized carbons (Fsp3) is 0.360. The Morgan fingerprint density at radius 1 is 0.906 bits per heavy atom. The summed E-state index contributed by atoms with van der Waals surface area (Å²) in [6, 6.07) is 20.2. The second kappa shape index (κ2) is 8.37. The van der Waals surface area contributed by atoms with Crippen molar-refractivity contribution in [3.05, 3.63) is 86.7 Å². The summed E-state index contributed by atoms with van der Waals surface area (Å²) in [6.45, 7) is 2.39. The molecule has 2 saturated heterocycles. The molecule has 2 aliphatic heterocycles. The highest BCUT2D eigenvalue weighted by Gasteiger charge is 2.49. The number of benzene rings is 2. The second-order valence-corrected chi connectivity index (χ2v) is 9.66. The van der Waals surface area contributed by atoms with Crippen LogP contribution in [0.5, 0.6) is 0 Å². The molecule has 6 nitrogen and oxygen atoms in total. The van der Waals surface area contributed by atoms with Gasteiger partial charge in [0.2, 0.25) is 5.91 Å². The van der Waals surface area contributed by atoms with Crippen molar-refractivity contribution in [3.63, 3.8) is 0 Å².